The van der Waals surface area contributed by atoms with Gasteiger partial charge in [-0.15, -0.1) is 5.10 Å². The Hall–Kier alpha value is -2.35. The molecule has 6 nitrogen and oxygen atoms in total. The number of allylic oxidation sites excluding steroid dienone is 1. The van der Waals surface area contributed by atoms with Crippen LogP contribution in [-0.4, -0.2) is 33.1 Å². The number of rotatable bonds is 6. The van der Waals surface area contributed by atoms with E-state index in [4.69, 9.17) is 4.74 Å². The molecule has 0 radical (unpaired) electrons. The summed E-state index contributed by atoms with van der Waals surface area (Å²) < 4.78 is 20.4. The lowest BCUT2D eigenvalue weighted by atomic mass is 9.96. The van der Waals surface area contributed by atoms with E-state index in [1.54, 1.807) is 35.5 Å². The molecule has 0 saturated heterocycles. The molecule has 144 valence electrons. The summed E-state index contributed by atoms with van der Waals surface area (Å²) in [5, 5.41) is 8.39. The molecule has 0 saturated carbocycles. The van der Waals surface area contributed by atoms with Gasteiger partial charge in [0.15, 0.2) is 0 Å². The Kier molecular flexibility index (Phi) is 5.84. The van der Waals surface area contributed by atoms with Gasteiger partial charge in [-0.25, -0.2) is 13.9 Å². The highest BCUT2D eigenvalue weighted by molar-refractivity contribution is 7.99. The number of benzene rings is 1. The summed E-state index contributed by atoms with van der Waals surface area (Å²) in [6, 6.07) is 5.54. The summed E-state index contributed by atoms with van der Waals surface area (Å²) in [6.45, 7) is 8.10. The third-order valence-electron chi connectivity index (χ3n) is 4.06. The molecule has 2 aromatic rings. The number of halogens is 1. The molecule has 1 aliphatic rings. The van der Waals surface area contributed by atoms with Gasteiger partial charge in [0.05, 0.1) is 12.2 Å². The lowest BCUT2D eigenvalue weighted by Crippen LogP contribution is -2.29. The van der Waals surface area contributed by atoms with Gasteiger partial charge in [0.2, 0.25) is 11.1 Å². The third-order valence-corrected chi connectivity index (χ3v) is 5.32. The van der Waals surface area contributed by atoms with E-state index in [1.807, 2.05) is 6.92 Å². The van der Waals surface area contributed by atoms with Gasteiger partial charge < -0.3 is 10.1 Å². The second-order valence-electron chi connectivity index (χ2n) is 6.71. The van der Waals surface area contributed by atoms with Gasteiger partial charge in [-0.3, -0.25) is 0 Å². The Morgan fingerprint density at radius 3 is 2.70 bits per heavy atom. The highest BCUT2D eigenvalue weighted by atomic mass is 32.2. The molecule has 1 atom stereocenters. The van der Waals surface area contributed by atoms with Gasteiger partial charge in [-0.1, -0.05) is 37.7 Å². The molecule has 0 spiro atoms. The van der Waals surface area contributed by atoms with Gasteiger partial charge in [-0.05, 0) is 37.5 Å². The monoisotopic (exact) mass is 390 g/mol. The number of aromatic nitrogens is 3. The Morgan fingerprint density at radius 1 is 1.37 bits per heavy atom. The maximum Gasteiger partial charge on any atom is 0.338 e. The first-order valence-electron chi connectivity index (χ1n) is 8.90. The van der Waals surface area contributed by atoms with Gasteiger partial charge in [-0.2, -0.15) is 4.98 Å². The lowest BCUT2D eigenvalue weighted by Gasteiger charge is -2.28. The second kappa shape index (κ2) is 8.12. The van der Waals surface area contributed by atoms with E-state index in [0.717, 1.165) is 11.3 Å². The molecule has 1 unspecified atom stereocenters. The number of fused-ring (bicyclic) bond motifs is 1. The first-order chi connectivity index (χ1) is 12.9. The summed E-state index contributed by atoms with van der Waals surface area (Å²) >= 11 is 1.57. The smallest absolute Gasteiger partial charge is 0.338 e. The minimum Gasteiger partial charge on any atom is -0.463 e. The molecule has 2 heterocycles. The maximum absolute atomic E-state index is 13.4. The number of nitrogens with zero attached hydrogens (tertiary/aromatic N) is 3. The highest BCUT2D eigenvalue weighted by Crippen LogP contribution is 2.36. The van der Waals surface area contributed by atoms with Crippen LogP contribution in [0.2, 0.25) is 0 Å². The van der Waals surface area contributed by atoms with Crippen LogP contribution in [0.4, 0.5) is 10.3 Å². The molecule has 0 bridgehead atoms. The summed E-state index contributed by atoms with van der Waals surface area (Å²) in [7, 11) is 0. The number of hydrogen-bond acceptors (Lipinski definition) is 6. The number of carbonyl (C=O) groups excluding carboxylic acids is 1. The quantitative estimate of drug-likeness (QED) is 0.594. The SMILES string of the molecule is CCOC(=O)C1=C(C)Nc2nc(SCC(C)C)nn2C1c1ccc(F)cc1. The van der Waals surface area contributed by atoms with Crippen molar-refractivity contribution >= 4 is 23.7 Å². The van der Waals surface area contributed by atoms with Crippen LogP contribution in [0.25, 0.3) is 0 Å². The Balaban J connectivity index is 2.05. The number of thioether (sulfide) groups is 1. The molecule has 1 aromatic heterocycles. The zero-order valence-corrected chi connectivity index (χ0v) is 16.6. The van der Waals surface area contributed by atoms with E-state index in [1.165, 1.54) is 12.1 Å². The average molecular weight is 390 g/mol. The summed E-state index contributed by atoms with van der Waals surface area (Å²) in [5.74, 6) is 1.20. The standard InChI is InChI=1S/C19H23FN4O2S/c1-5-26-17(25)15-12(4)21-18-22-19(27-10-11(2)3)23-24(18)16(15)13-6-8-14(20)9-7-13/h6-9,11,16H,5,10H2,1-4H3,(H,21,22,23). The van der Waals surface area contributed by atoms with E-state index in [2.05, 4.69) is 29.2 Å². The van der Waals surface area contributed by atoms with Gasteiger partial charge in [0.25, 0.3) is 0 Å². The van der Waals surface area contributed by atoms with Crippen molar-refractivity contribution in [3.63, 3.8) is 0 Å². The molecule has 1 aliphatic heterocycles. The highest BCUT2D eigenvalue weighted by Gasteiger charge is 2.35. The molecule has 8 heteroatoms. The Bertz CT molecular complexity index is 861. The summed E-state index contributed by atoms with van der Waals surface area (Å²) in [5.41, 5.74) is 1.84. The van der Waals surface area contributed by atoms with Crippen molar-refractivity contribution in [3.8, 4) is 0 Å². The second-order valence-corrected chi connectivity index (χ2v) is 7.69. The first-order valence-corrected chi connectivity index (χ1v) is 9.89. The molecule has 27 heavy (non-hydrogen) atoms. The van der Waals surface area contributed by atoms with Crippen LogP contribution in [-0.2, 0) is 9.53 Å². The van der Waals surface area contributed by atoms with Crippen LogP contribution in [0.15, 0.2) is 40.7 Å². The molecular weight excluding hydrogens is 367 g/mol. The zero-order valence-electron chi connectivity index (χ0n) is 15.8. The Morgan fingerprint density at radius 2 is 2.07 bits per heavy atom. The number of esters is 1. The predicted molar refractivity (Wildman–Crippen MR) is 103 cm³/mol. The molecule has 0 aliphatic carbocycles. The fourth-order valence-electron chi connectivity index (χ4n) is 2.86. The number of anilines is 1. The minimum atomic E-state index is -0.526. The van der Waals surface area contributed by atoms with Crippen molar-refractivity contribution in [2.75, 3.05) is 17.7 Å². The van der Waals surface area contributed by atoms with Crippen molar-refractivity contribution in [2.45, 2.75) is 38.9 Å². The summed E-state index contributed by atoms with van der Waals surface area (Å²) in [4.78, 5) is 17.2. The largest absolute Gasteiger partial charge is 0.463 e. The number of ether oxygens (including phenoxy) is 1. The van der Waals surface area contributed by atoms with Crippen LogP contribution >= 0.6 is 11.8 Å². The molecule has 1 aromatic carbocycles. The van der Waals surface area contributed by atoms with Crippen LogP contribution in [0, 0.1) is 11.7 Å². The van der Waals surface area contributed by atoms with Crippen molar-refractivity contribution in [3.05, 3.63) is 46.9 Å². The van der Waals surface area contributed by atoms with Crippen molar-refractivity contribution < 1.29 is 13.9 Å². The molecule has 1 N–H and O–H groups in total. The van der Waals surface area contributed by atoms with E-state index >= 15 is 0 Å². The summed E-state index contributed by atoms with van der Waals surface area (Å²) in [6.07, 6.45) is 0. The van der Waals surface area contributed by atoms with E-state index in [0.29, 0.717) is 28.3 Å². The lowest BCUT2D eigenvalue weighted by molar-refractivity contribution is -0.139. The van der Waals surface area contributed by atoms with Crippen LogP contribution in [0.3, 0.4) is 0 Å². The first kappa shape index (κ1) is 19.4. The van der Waals surface area contributed by atoms with E-state index in [9.17, 15) is 9.18 Å². The number of nitrogens with one attached hydrogen (secondary N) is 1. The molecule has 3 rings (SSSR count). The minimum absolute atomic E-state index is 0.269. The van der Waals surface area contributed by atoms with Crippen LogP contribution in [0.5, 0.6) is 0 Å². The van der Waals surface area contributed by atoms with Crippen LogP contribution in [0.1, 0.15) is 39.3 Å². The predicted octanol–water partition coefficient (Wildman–Crippen LogP) is 4.02. The van der Waals surface area contributed by atoms with Crippen molar-refractivity contribution in [1.29, 1.82) is 0 Å². The van der Waals surface area contributed by atoms with Crippen molar-refractivity contribution in [1.82, 2.24) is 14.8 Å². The molecule has 0 fully saturated rings. The van der Waals surface area contributed by atoms with Gasteiger partial charge in [0, 0.05) is 11.4 Å². The molecular formula is C19H23FN4O2S. The normalized spacial score (nSPS) is 16.3. The van der Waals surface area contributed by atoms with Crippen LogP contribution < -0.4 is 5.32 Å². The van der Waals surface area contributed by atoms with Gasteiger partial charge in [0.1, 0.15) is 11.9 Å². The van der Waals surface area contributed by atoms with Gasteiger partial charge >= 0.3 is 5.97 Å². The fourth-order valence-corrected chi connectivity index (χ4v) is 3.64. The Labute approximate surface area is 162 Å². The number of hydrogen-bond donors (Lipinski definition) is 1. The van der Waals surface area contributed by atoms with E-state index in [-0.39, 0.29) is 12.4 Å². The van der Waals surface area contributed by atoms with E-state index < -0.39 is 12.0 Å². The number of carbonyl (C=O) groups is 1. The third kappa shape index (κ3) is 4.16. The average Bonchev–Trinajstić information content (AvgIpc) is 3.02. The zero-order chi connectivity index (χ0) is 19.6. The van der Waals surface area contributed by atoms with Crippen molar-refractivity contribution in [2.24, 2.45) is 5.92 Å². The topological polar surface area (TPSA) is 69.0 Å². The molecule has 0 amide bonds. The maximum atomic E-state index is 13.4. The fraction of sp³-hybridized carbons (Fsp3) is 0.421.